The van der Waals surface area contributed by atoms with E-state index in [1.807, 2.05) is 11.7 Å². The first kappa shape index (κ1) is 8.75. The second-order valence-corrected chi connectivity index (χ2v) is 3.91. The van der Waals surface area contributed by atoms with Gasteiger partial charge in [-0.25, -0.2) is 0 Å². The zero-order chi connectivity index (χ0) is 9.26. The van der Waals surface area contributed by atoms with Crippen LogP contribution in [0.1, 0.15) is 30.0 Å². The Labute approximate surface area is 79.1 Å². The summed E-state index contributed by atoms with van der Waals surface area (Å²) in [6.45, 7) is 4.41. The van der Waals surface area contributed by atoms with Gasteiger partial charge in [-0.1, -0.05) is 0 Å². The number of hydrogen-bond acceptors (Lipinski definition) is 2. The molecule has 0 bridgehead atoms. The van der Waals surface area contributed by atoms with E-state index in [0.29, 0.717) is 5.92 Å². The number of hydrogen-bond donors (Lipinski definition) is 1. The monoisotopic (exact) mass is 179 g/mol. The van der Waals surface area contributed by atoms with Crippen molar-refractivity contribution in [2.24, 2.45) is 7.05 Å². The van der Waals surface area contributed by atoms with Crippen LogP contribution in [-0.2, 0) is 7.05 Å². The van der Waals surface area contributed by atoms with Gasteiger partial charge in [0.1, 0.15) is 0 Å². The molecule has 2 rings (SSSR count). The molecule has 1 aromatic rings. The Kier molecular flexibility index (Phi) is 2.36. The second-order valence-electron chi connectivity index (χ2n) is 3.91. The van der Waals surface area contributed by atoms with Crippen LogP contribution >= 0.6 is 0 Å². The topological polar surface area (TPSA) is 29.9 Å². The van der Waals surface area contributed by atoms with Crippen molar-refractivity contribution in [1.82, 2.24) is 15.1 Å². The van der Waals surface area contributed by atoms with Gasteiger partial charge >= 0.3 is 0 Å². The first-order valence-electron chi connectivity index (χ1n) is 4.98. The molecule has 0 radical (unpaired) electrons. The number of nitrogens with one attached hydrogen (secondary N) is 1. The van der Waals surface area contributed by atoms with Crippen LogP contribution in [0.25, 0.3) is 0 Å². The first-order valence-corrected chi connectivity index (χ1v) is 4.98. The normalized spacial score (nSPS) is 23.4. The molecule has 72 valence electrons. The summed E-state index contributed by atoms with van der Waals surface area (Å²) in [5, 5.41) is 7.93. The Morgan fingerprint density at radius 2 is 2.46 bits per heavy atom. The molecule has 1 fully saturated rings. The number of piperidine rings is 1. The molecule has 1 saturated heterocycles. The van der Waals surface area contributed by atoms with Crippen LogP contribution in [0.3, 0.4) is 0 Å². The van der Waals surface area contributed by atoms with Crippen LogP contribution in [0.4, 0.5) is 0 Å². The Morgan fingerprint density at radius 1 is 1.62 bits per heavy atom. The van der Waals surface area contributed by atoms with E-state index < -0.39 is 0 Å². The maximum atomic E-state index is 4.51. The maximum Gasteiger partial charge on any atom is 0.0697 e. The Morgan fingerprint density at radius 3 is 3.00 bits per heavy atom. The third-order valence-corrected chi connectivity index (χ3v) is 2.73. The van der Waals surface area contributed by atoms with Crippen molar-refractivity contribution in [3.8, 4) is 0 Å². The highest BCUT2D eigenvalue weighted by Gasteiger charge is 2.19. The molecule has 1 aliphatic heterocycles. The summed E-state index contributed by atoms with van der Waals surface area (Å²) in [4.78, 5) is 0. The van der Waals surface area contributed by atoms with Crippen LogP contribution in [0.15, 0.2) is 6.20 Å². The van der Waals surface area contributed by atoms with Gasteiger partial charge in [0.2, 0.25) is 0 Å². The molecule has 3 nitrogen and oxygen atoms in total. The van der Waals surface area contributed by atoms with E-state index in [1.165, 1.54) is 30.6 Å². The maximum absolute atomic E-state index is 4.51. The summed E-state index contributed by atoms with van der Waals surface area (Å²) in [5.74, 6) is 0.634. The first-order chi connectivity index (χ1) is 6.27. The lowest BCUT2D eigenvalue weighted by atomic mass is 9.94. The summed E-state index contributed by atoms with van der Waals surface area (Å²) < 4.78 is 1.92. The second kappa shape index (κ2) is 3.50. The van der Waals surface area contributed by atoms with Crippen molar-refractivity contribution in [3.05, 3.63) is 17.5 Å². The summed E-state index contributed by atoms with van der Waals surface area (Å²) in [6.07, 6.45) is 4.66. The Hall–Kier alpha value is -0.830. The van der Waals surface area contributed by atoms with Gasteiger partial charge in [0.25, 0.3) is 0 Å². The van der Waals surface area contributed by atoms with Gasteiger partial charge < -0.3 is 5.32 Å². The van der Waals surface area contributed by atoms with Crippen molar-refractivity contribution < 1.29 is 0 Å². The Balaban J connectivity index is 2.18. The van der Waals surface area contributed by atoms with E-state index in [0.717, 1.165) is 6.54 Å². The molecule has 0 spiro atoms. The quantitative estimate of drug-likeness (QED) is 0.702. The van der Waals surface area contributed by atoms with Gasteiger partial charge in [-0.3, -0.25) is 4.68 Å². The summed E-state index contributed by atoms with van der Waals surface area (Å²) in [5.41, 5.74) is 2.62. The number of aromatic nitrogens is 2. The molecule has 0 amide bonds. The van der Waals surface area contributed by atoms with Crippen molar-refractivity contribution in [2.75, 3.05) is 13.1 Å². The molecular weight excluding hydrogens is 162 g/mol. The van der Waals surface area contributed by atoms with Gasteiger partial charge in [-0.15, -0.1) is 0 Å². The molecule has 1 unspecified atom stereocenters. The molecule has 0 aromatic carbocycles. The fraction of sp³-hybridized carbons (Fsp3) is 0.700. The van der Waals surface area contributed by atoms with Crippen LogP contribution in [0.2, 0.25) is 0 Å². The van der Waals surface area contributed by atoms with E-state index in [1.54, 1.807) is 0 Å². The Bertz CT molecular complexity index is 284. The van der Waals surface area contributed by atoms with Gasteiger partial charge in [-0.05, 0) is 31.9 Å². The molecule has 1 aromatic heterocycles. The fourth-order valence-corrected chi connectivity index (χ4v) is 2.11. The average molecular weight is 179 g/mol. The smallest absolute Gasteiger partial charge is 0.0697 e. The van der Waals surface area contributed by atoms with E-state index in [2.05, 4.69) is 23.5 Å². The molecule has 0 saturated carbocycles. The number of nitrogens with zero attached hydrogens (tertiary/aromatic N) is 2. The predicted molar refractivity (Wildman–Crippen MR) is 52.8 cm³/mol. The minimum absolute atomic E-state index is 0.634. The number of aryl methyl sites for hydroxylation is 2. The van der Waals surface area contributed by atoms with Crippen molar-refractivity contribution in [2.45, 2.75) is 25.7 Å². The molecule has 13 heavy (non-hydrogen) atoms. The highest BCUT2D eigenvalue weighted by atomic mass is 15.3. The molecule has 0 aliphatic carbocycles. The third kappa shape index (κ3) is 1.75. The molecular formula is C10H17N3. The lowest BCUT2D eigenvalue weighted by Crippen LogP contribution is -2.28. The van der Waals surface area contributed by atoms with E-state index in [4.69, 9.17) is 0 Å². The minimum Gasteiger partial charge on any atom is -0.316 e. The summed E-state index contributed by atoms with van der Waals surface area (Å²) in [7, 11) is 1.99. The molecule has 1 atom stereocenters. The van der Waals surface area contributed by atoms with Gasteiger partial charge in [0.05, 0.1) is 5.69 Å². The summed E-state index contributed by atoms with van der Waals surface area (Å²) >= 11 is 0. The van der Waals surface area contributed by atoms with Gasteiger partial charge in [0.15, 0.2) is 0 Å². The molecule has 1 aliphatic rings. The van der Waals surface area contributed by atoms with Crippen LogP contribution < -0.4 is 5.32 Å². The zero-order valence-corrected chi connectivity index (χ0v) is 8.38. The highest BCUT2D eigenvalue weighted by molar-refractivity contribution is 5.20. The van der Waals surface area contributed by atoms with Gasteiger partial charge in [-0.2, -0.15) is 5.10 Å². The van der Waals surface area contributed by atoms with Crippen molar-refractivity contribution in [3.63, 3.8) is 0 Å². The zero-order valence-electron chi connectivity index (χ0n) is 8.38. The number of rotatable bonds is 1. The highest BCUT2D eigenvalue weighted by Crippen LogP contribution is 2.23. The SMILES string of the molecule is Cc1cn(C)nc1C1CCCNC1. The van der Waals surface area contributed by atoms with E-state index >= 15 is 0 Å². The van der Waals surface area contributed by atoms with E-state index in [-0.39, 0.29) is 0 Å². The standard InChI is InChI=1S/C10H17N3/c1-8-7-13(2)12-10(8)9-4-3-5-11-6-9/h7,9,11H,3-6H2,1-2H3. The van der Waals surface area contributed by atoms with Crippen molar-refractivity contribution in [1.29, 1.82) is 0 Å². The van der Waals surface area contributed by atoms with E-state index in [9.17, 15) is 0 Å². The van der Waals surface area contributed by atoms with Crippen LogP contribution in [0.5, 0.6) is 0 Å². The van der Waals surface area contributed by atoms with Gasteiger partial charge in [0, 0.05) is 25.7 Å². The third-order valence-electron chi connectivity index (χ3n) is 2.73. The van der Waals surface area contributed by atoms with Crippen LogP contribution in [0, 0.1) is 6.92 Å². The molecule has 1 N–H and O–H groups in total. The molecule has 3 heteroatoms. The fourth-order valence-electron chi connectivity index (χ4n) is 2.11. The largest absolute Gasteiger partial charge is 0.316 e. The lowest BCUT2D eigenvalue weighted by molar-refractivity contribution is 0.450. The summed E-state index contributed by atoms with van der Waals surface area (Å²) in [6, 6.07) is 0. The predicted octanol–water partition coefficient (Wildman–Crippen LogP) is 1.20. The molecule has 2 heterocycles. The average Bonchev–Trinajstić information content (AvgIpc) is 2.47. The minimum atomic E-state index is 0.634. The lowest BCUT2D eigenvalue weighted by Gasteiger charge is -2.21. The van der Waals surface area contributed by atoms with Crippen LogP contribution in [-0.4, -0.2) is 22.9 Å². The van der Waals surface area contributed by atoms with Crippen molar-refractivity contribution >= 4 is 0 Å².